The van der Waals surface area contributed by atoms with Crippen LogP contribution in [0.5, 0.6) is 0 Å². The average Bonchev–Trinajstić information content (AvgIpc) is 2.35. The molecule has 18 heavy (non-hydrogen) atoms. The molecule has 1 nitrogen and oxygen atoms in total. The first-order chi connectivity index (χ1) is 8.52. The van der Waals surface area contributed by atoms with Crippen LogP contribution >= 0.6 is 23.2 Å². The first-order valence-electron chi connectivity index (χ1n) is 5.39. The summed E-state index contributed by atoms with van der Waals surface area (Å²) in [5, 5.41) is 10.8. The van der Waals surface area contributed by atoms with Gasteiger partial charge in [0.05, 0.1) is 10.0 Å². The second-order valence-electron chi connectivity index (χ2n) is 4.02. The second kappa shape index (κ2) is 5.27. The average molecular weight is 285 g/mol. The Hall–Kier alpha value is -1.09. The molecule has 0 aliphatic carbocycles. The molecule has 1 atom stereocenters. The molecule has 2 aromatic rings. The van der Waals surface area contributed by atoms with E-state index in [1.165, 1.54) is 6.07 Å². The molecule has 0 fully saturated rings. The van der Waals surface area contributed by atoms with Gasteiger partial charge in [-0.3, -0.25) is 0 Å². The number of halogens is 3. The van der Waals surface area contributed by atoms with E-state index in [0.717, 1.165) is 0 Å². The van der Waals surface area contributed by atoms with E-state index in [9.17, 15) is 9.50 Å². The number of rotatable bonds is 2. The fraction of sp³-hybridized carbons (Fsp3) is 0.143. The third-order valence-electron chi connectivity index (χ3n) is 2.79. The van der Waals surface area contributed by atoms with E-state index >= 15 is 0 Å². The first-order valence-corrected chi connectivity index (χ1v) is 6.15. The van der Waals surface area contributed by atoms with Gasteiger partial charge in [-0.1, -0.05) is 53.5 Å². The lowest BCUT2D eigenvalue weighted by Gasteiger charge is -2.15. The van der Waals surface area contributed by atoms with Crippen molar-refractivity contribution in [1.82, 2.24) is 0 Å². The molecule has 0 aliphatic rings. The summed E-state index contributed by atoms with van der Waals surface area (Å²) < 4.78 is 13.9. The Morgan fingerprint density at radius 3 is 2.39 bits per heavy atom. The lowest BCUT2D eigenvalue weighted by atomic mass is 9.99. The van der Waals surface area contributed by atoms with Gasteiger partial charge in [0.1, 0.15) is 11.9 Å². The summed E-state index contributed by atoms with van der Waals surface area (Å²) in [6.07, 6.45) is -1.13. The Balaban J connectivity index is 2.51. The molecule has 1 unspecified atom stereocenters. The van der Waals surface area contributed by atoms with Gasteiger partial charge in [0.25, 0.3) is 0 Å². The van der Waals surface area contributed by atoms with Gasteiger partial charge in [-0.05, 0) is 18.6 Å². The van der Waals surface area contributed by atoms with Crippen LogP contribution in [0.15, 0.2) is 36.4 Å². The molecule has 0 saturated heterocycles. The topological polar surface area (TPSA) is 20.2 Å². The minimum atomic E-state index is -1.13. The third-order valence-corrected chi connectivity index (χ3v) is 3.63. The summed E-state index contributed by atoms with van der Waals surface area (Å²) in [5.74, 6) is -0.430. The summed E-state index contributed by atoms with van der Waals surface area (Å²) in [7, 11) is 0. The van der Waals surface area contributed by atoms with Crippen molar-refractivity contribution < 1.29 is 9.50 Å². The number of hydrogen-bond acceptors (Lipinski definition) is 1. The smallest absolute Gasteiger partial charge is 0.132 e. The van der Waals surface area contributed by atoms with Gasteiger partial charge in [0, 0.05) is 11.1 Å². The Bertz CT molecular complexity index is 533. The summed E-state index contributed by atoms with van der Waals surface area (Å²) in [6.45, 7) is 1.64. The van der Waals surface area contributed by atoms with E-state index in [-0.39, 0.29) is 10.6 Å². The van der Waals surface area contributed by atoms with Gasteiger partial charge in [0.15, 0.2) is 0 Å². The molecule has 0 radical (unpaired) electrons. The van der Waals surface area contributed by atoms with Crippen LogP contribution in [0.25, 0.3) is 0 Å². The van der Waals surface area contributed by atoms with Crippen molar-refractivity contribution in [3.05, 3.63) is 69.0 Å². The van der Waals surface area contributed by atoms with Crippen molar-refractivity contribution in [2.75, 3.05) is 0 Å². The number of aliphatic hydroxyl groups is 1. The van der Waals surface area contributed by atoms with Crippen molar-refractivity contribution >= 4 is 23.2 Å². The van der Waals surface area contributed by atoms with Gasteiger partial charge in [-0.2, -0.15) is 0 Å². The molecule has 2 rings (SSSR count). The van der Waals surface area contributed by atoms with Crippen molar-refractivity contribution in [2.45, 2.75) is 13.0 Å². The maximum absolute atomic E-state index is 13.9. The van der Waals surface area contributed by atoms with Crippen LogP contribution in [-0.4, -0.2) is 5.11 Å². The predicted octanol–water partition coefficient (Wildman–Crippen LogP) is 4.52. The number of hydrogen-bond donors (Lipinski definition) is 1. The van der Waals surface area contributed by atoms with E-state index in [1.807, 2.05) is 0 Å². The lowest BCUT2D eigenvalue weighted by Crippen LogP contribution is -2.04. The molecule has 0 heterocycles. The Kier molecular flexibility index (Phi) is 3.91. The van der Waals surface area contributed by atoms with Crippen LogP contribution in [0.3, 0.4) is 0 Å². The molecule has 0 saturated carbocycles. The van der Waals surface area contributed by atoms with Gasteiger partial charge in [-0.15, -0.1) is 0 Å². The molecule has 0 bridgehead atoms. The normalized spacial score (nSPS) is 12.5. The molecule has 0 aromatic heterocycles. The summed E-state index contributed by atoms with van der Waals surface area (Å²) in [6, 6.07) is 9.78. The van der Waals surface area contributed by atoms with Crippen LogP contribution in [0, 0.1) is 12.7 Å². The molecular weight excluding hydrogens is 274 g/mol. The monoisotopic (exact) mass is 284 g/mol. The second-order valence-corrected chi connectivity index (χ2v) is 4.81. The first kappa shape index (κ1) is 13.3. The SMILES string of the molecule is Cc1cccc(C(O)c2cccc(Cl)c2Cl)c1F. The highest BCUT2D eigenvalue weighted by Crippen LogP contribution is 2.34. The molecular formula is C14H11Cl2FO. The van der Waals surface area contributed by atoms with Gasteiger partial charge in [0.2, 0.25) is 0 Å². The third kappa shape index (κ3) is 2.37. The Morgan fingerprint density at radius 2 is 1.67 bits per heavy atom. The zero-order chi connectivity index (χ0) is 13.3. The fourth-order valence-electron chi connectivity index (χ4n) is 1.78. The highest BCUT2D eigenvalue weighted by Gasteiger charge is 2.19. The summed E-state index contributed by atoms with van der Waals surface area (Å²) in [4.78, 5) is 0. The van der Waals surface area contributed by atoms with Crippen LogP contribution in [-0.2, 0) is 0 Å². The molecule has 0 aliphatic heterocycles. The molecule has 2 aromatic carbocycles. The van der Waals surface area contributed by atoms with E-state index in [0.29, 0.717) is 16.1 Å². The molecule has 1 N–H and O–H groups in total. The van der Waals surface area contributed by atoms with Crippen LogP contribution in [0.1, 0.15) is 22.8 Å². The summed E-state index contributed by atoms with van der Waals surface area (Å²) in [5.41, 5.74) is 1.07. The highest BCUT2D eigenvalue weighted by atomic mass is 35.5. The van der Waals surface area contributed by atoms with Crippen molar-refractivity contribution in [3.8, 4) is 0 Å². The zero-order valence-electron chi connectivity index (χ0n) is 9.62. The lowest BCUT2D eigenvalue weighted by molar-refractivity contribution is 0.215. The van der Waals surface area contributed by atoms with Gasteiger partial charge < -0.3 is 5.11 Å². The van der Waals surface area contributed by atoms with Crippen LogP contribution < -0.4 is 0 Å². The van der Waals surface area contributed by atoms with Crippen molar-refractivity contribution in [3.63, 3.8) is 0 Å². The fourth-order valence-corrected chi connectivity index (χ4v) is 2.19. The number of benzene rings is 2. The standard InChI is InChI=1S/C14H11Cl2FO/c1-8-4-2-6-10(13(8)17)14(18)9-5-3-7-11(15)12(9)16/h2-7,14,18H,1H3. The van der Waals surface area contributed by atoms with E-state index in [2.05, 4.69) is 0 Å². The van der Waals surface area contributed by atoms with E-state index in [1.54, 1.807) is 37.3 Å². The molecule has 4 heteroatoms. The van der Waals surface area contributed by atoms with Crippen LogP contribution in [0.4, 0.5) is 4.39 Å². The number of aliphatic hydroxyl groups excluding tert-OH is 1. The molecule has 0 spiro atoms. The van der Waals surface area contributed by atoms with Crippen molar-refractivity contribution in [2.24, 2.45) is 0 Å². The maximum Gasteiger partial charge on any atom is 0.132 e. The molecule has 0 amide bonds. The maximum atomic E-state index is 13.9. The van der Waals surface area contributed by atoms with Gasteiger partial charge in [-0.25, -0.2) is 4.39 Å². The van der Waals surface area contributed by atoms with Crippen LogP contribution in [0.2, 0.25) is 10.0 Å². The quantitative estimate of drug-likeness (QED) is 0.860. The summed E-state index contributed by atoms with van der Waals surface area (Å²) >= 11 is 11.9. The minimum Gasteiger partial charge on any atom is -0.383 e. The van der Waals surface area contributed by atoms with E-state index in [4.69, 9.17) is 23.2 Å². The highest BCUT2D eigenvalue weighted by molar-refractivity contribution is 6.42. The van der Waals surface area contributed by atoms with Crippen molar-refractivity contribution in [1.29, 1.82) is 0 Å². The Labute approximate surface area is 115 Å². The van der Waals surface area contributed by atoms with Gasteiger partial charge >= 0.3 is 0 Å². The molecule has 94 valence electrons. The Morgan fingerprint density at radius 1 is 1.06 bits per heavy atom. The van der Waals surface area contributed by atoms with E-state index < -0.39 is 11.9 Å². The predicted molar refractivity (Wildman–Crippen MR) is 71.7 cm³/mol. The zero-order valence-corrected chi connectivity index (χ0v) is 11.1. The minimum absolute atomic E-state index is 0.194. The largest absolute Gasteiger partial charge is 0.383 e. The number of aryl methyl sites for hydroxylation is 1.